The second-order valence-electron chi connectivity index (χ2n) is 7.87. The summed E-state index contributed by atoms with van der Waals surface area (Å²) in [4.78, 5) is 25.1. The second-order valence-corrected chi connectivity index (χ2v) is 9.96. The number of benzene rings is 2. The minimum atomic E-state index is 0.132. The Morgan fingerprint density at radius 3 is 2.10 bits per heavy atom. The van der Waals surface area contributed by atoms with Crippen LogP contribution >= 0.6 is 23.1 Å². The maximum absolute atomic E-state index is 12.6. The fourth-order valence-electron chi connectivity index (χ4n) is 3.86. The first-order valence-corrected chi connectivity index (χ1v) is 11.7. The van der Waals surface area contributed by atoms with Crippen molar-refractivity contribution in [3.63, 3.8) is 0 Å². The highest BCUT2D eigenvalue weighted by Crippen LogP contribution is 2.23. The van der Waals surface area contributed by atoms with Crippen LogP contribution in [0.15, 0.2) is 39.9 Å². The molecule has 0 amide bonds. The number of aryl methyl sites for hydroxylation is 5. The lowest BCUT2D eigenvalue weighted by atomic mass is 10.1. The molecule has 0 saturated carbocycles. The molecule has 0 fully saturated rings. The van der Waals surface area contributed by atoms with E-state index in [0.29, 0.717) is 0 Å². The first kappa shape index (κ1) is 20.1. The van der Waals surface area contributed by atoms with Gasteiger partial charge in [-0.1, -0.05) is 48.0 Å². The topological polar surface area (TPSA) is 44.0 Å². The van der Waals surface area contributed by atoms with Crippen LogP contribution in [-0.2, 0) is 13.1 Å². The van der Waals surface area contributed by atoms with E-state index in [1.165, 1.54) is 11.1 Å². The van der Waals surface area contributed by atoms with Gasteiger partial charge in [-0.25, -0.2) is 0 Å². The van der Waals surface area contributed by atoms with Crippen LogP contribution in [0.4, 0.5) is 0 Å². The summed E-state index contributed by atoms with van der Waals surface area (Å²) in [5.74, 6) is 0. The lowest BCUT2D eigenvalue weighted by molar-refractivity contribution is 0.557. The van der Waals surface area contributed by atoms with E-state index in [-0.39, 0.29) is 11.1 Å². The van der Waals surface area contributed by atoms with E-state index in [9.17, 15) is 9.59 Å². The molecule has 0 bridgehead atoms. The molecule has 6 heteroatoms. The number of unbranched alkanes of at least 4 members (excludes halogenated alkanes) is 3. The van der Waals surface area contributed by atoms with Crippen LogP contribution in [0.5, 0.6) is 0 Å². The molecule has 0 aliphatic heterocycles. The van der Waals surface area contributed by atoms with Gasteiger partial charge in [-0.15, -0.1) is 0 Å². The summed E-state index contributed by atoms with van der Waals surface area (Å²) in [7, 11) is 0. The summed E-state index contributed by atoms with van der Waals surface area (Å²) >= 11 is 3.15. The quantitative estimate of drug-likeness (QED) is 0.360. The molecule has 2 aromatic heterocycles. The van der Waals surface area contributed by atoms with Crippen LogP contribution in [0.3, 0.4) is 0 Å². The molecule has 152 valence electrons. The molecule has 2 aromatic carbocycles. The number of fused-ring (bicyclic) bond motifs is 2. The number of nitrogens with zero attached hydrogens (tertiary/aromatic N) is 2. The van der Waals surface area contributed by atoms with Crippen molar-refractivity contribution in [2.45, 2.75) is 59.5 Å². The Labute approximate surface area is 178 Å². The third-order valence-corrected chi connectivity index (χ3v) is 7.75. The molecule has 0 unspecified atom stereocenters. The monoisotopic (exact) mass is 426 g/mol. The summed E-state index contributed by atoms with van der Waals surface area (Å²) in [6.45, 7) is 7.72. The lowest BCUT2D eigenvalue weighted by Gasteiger charge is -2.02. The molecule has 4 rings (SSSR count). The van der Waals surface area contributed by atoms with Crippen molar-refractivity contribution in [3.05, 3.63) is 67.7 Å². The lowest BCUT2D eigenvalue weighted by Crippen LogP contribution is -2.13. The zero-order valence-corrected chi connectivity index (χ0v) is 18.8. The van der Waals surface area contributed by atoms with Crippen LogP contribution in [0, 0.1) is 20.8 Å². The number of aromatic nitrogens is 2. The van der Waals surface area contributed by atoms with Crippen molar-refractivity contribution in [3.8, 4) is 0 Å². The van der Waals surface area contributed by atoms with E-state index in [1.54, 1.807) is 23.1 Å². The number of rotatable bonds is 7. The average Bonchev–Trinajstić information content (AvgIpc) is 3.15. The van der Waals surface area contributed by atoms with Gasteiger partial charge >= 0.3 is 0 Å². The normalized spacial score (nSPS) is 11.7. The zero-order chi connectivity index (χ0) is 20.5. The Hall–Kier alpha value is -2.18. The van der Waals surface area contributed by atoms with Gasteiger partial charge in [-0.3, -0.25) is 17.5 Å². The summed E-state index contributed by atoms with van der Waals surface area (Å²) < 4.78 is 5.96. The maximum Gasteiger partial charge on any atom is 0.268 e. The number of hydrogen-bond donors (Lipinski definition) is 0. The Morgan fingerprint density at radius 1 is 0.724 bits per heavy atom. The molecule has 0 atom stereocenters. The van der Waals surface area contributed by atoms with Crippen molar-refractivity contribution in [1.82, 2.24) is 7.91 Å². The summed E-state index contributed by atoms with van der Waals surface area (Å²) in [6.07, 6.45) is 4.12. The third kappa shape index (κ3) is 4.09. The molecule has 0 spiro atoms. The van der Waals surface area contributed by atoms with Gasteiger partial charge in [-0.2, -0.15) is 0 Å². The predicted octanol–water partition coefficient (Wildman–Crippen LogP) is 5.63. The van der Waals surface area contributed by atoms with E-state index >= 15 is 0 Å². The Balaban J connectivity index is 1.31. The van der Waals surface area contributed by atoms with Gasteiger partial charge in [0.05, 0.1) is 20.2 Å². The average molecular weight is 427 g/mol. The van der Waals surface area contributed by atoms with E-state index in [1.807, 2.05) is 33.0 Å². The van der Waals surface area contributed by atoms with Crippen LogP contribution in [0.25, 0.3) is 20.2 Å². The van der Waals surface area contributed by atoms with E-state index in [0.717, 1.165) is 64.5 Å². The molecule has 0 aliphatic rings. The smallest absolute Gasteiger partial charge is 0.268 e. The molecule has 29 heavy (non-hydrogen) atoms. The molecular formula is C23H26N2O2S2. The van der Waals surface area contributed by atoms with Gasteiger partial charge < -0.3 is 0 Å². The highest BCUT2D eigenvalue weighted by atomic mass is 32.1. The Kier molecular flexibility index (Phi) is 5.74. The van der Waals surface area contributed by atoms with E-state index in [2.05, 4.69) is 26.0 Å². The van der Waals surface area contributed by atoms with Crippen LogP contribution in [-0.4, -0.2) is 7.91 Å². The summed E-state index contributed by atoms with van der Waals surface area (Å²) in [5, 5.41) is 1.68. The molecule has 2 heterocycles. The Morgan fingerprint density at radius 2 is 1.38 bits per heavy atom. The highest BCUT2D eigenvalue weighted by molar-refractivity contribution is 7.14. The fourth-order valence-corrected chi connectivity index (χ4v) is 6.06. The molecule has 0 N–H and O–H groups in total. The van der Waals surface area contributed by atoms with Gasteiger partial charge in [0.15, 0.2) is 0 Å². The van der Waals surface area contributed by atoms with E-state index in [4.69, 9.17) is 0 Å². The van der Waals surface area contributed by atoms with Gasteiger partial charge in [0.1, 0.15) is 0 Å². The summed E-state index contributed by atoms with van der Waals surface area (Å²) in [6, 6.07) is 10.2. The molecule has 0 radical (unpaired) electrons. The molecule has 0 aliphatic carbocycles. The maximum atomic E-state index is 12.6. The SMILES string of the molecule is Cc1ccc2c(=O)n(CCCCCCn3sc4c(C)cc(C)cc4c3=O)sc2c1. The van der Waals surface area contributed by atoms with Crippen LogP contribution in [0.2, 0.25) is 0 Å². The second kappa shape index (κ2) is 8.28. The van der Waals surface area contributed by atoms with Crippen molar-refractivity contribution >= 4 is 43.2 Å². The minimum Gasteiger partial charge on any atom is -0.268 e. The van der Waals surface area contributed by atoms with Crippen molar-refractivity contribution in [2.24, 2.45) is 0 Å². The zero-order valence-electron chi connectivity index (χ0n) is 17.2. The molecular weight excluding hydrogens is 400 g/mol. The van der Waals surface area contributed by atoms with Gasteiger partial charge in [0.25, 0.3) is 11.1 Å². The van der Waals surface area contributed by atoms with Gasteiger partial charge in [0.2, 0.25) is 0 Å². The number of hydrogen-bond acceptors (Lipinski definition) is 4. The molecule has 4 aromatic rings. The third-order valence-electron chi connectivity index (χ3n) is 5.35. The van der Waals surface area contributed by atoms with Gasteiger partial charge in [0, 0.05) is 13.1 Å². The molecule has 0 saturated heterocycles. The predicted molar refractivity (Wildman–Crippen MR) is 125 cm³/mol. The highest BCUT2D eigenvalue weighted by Gasteiger charge is 2.10. The standard InChI is InChI=1S/C23H26N2O2S2/c1-15-8-9-18-20(14-15)28-24(22(18)26)10-6-4-5-7-11-25-23(27)19-13-16(2)12-17(3)21(19)29-25/h8-9,12-14H,4-7,10-11H2,1-3H3. The molecule has 4 nitrogen and oxygen atoms in total. The largest absolute Gasteiger partial charge is 0.268 e. The fraction of sp³-hybridized carbons (Fsp3) is 0.391. The van der Waals surface area contributed by atoms with E-state index < -0.39 is 0 Å². The Bertz CT molecular complexity index is 1290. The first-order valence-electron chi connectivity index (χ1n) is 10.2. The van der Waals surface area contributed by atoms with Crippen molar-refractivity contribution in [1.29, 1.82) is 0 Å². The van der Waals surface area contributed by atoms with Crippen molar-refractivity contribution < 1.29 is 0 Å². The van der Waals surface area contributed by atoms with Crippen LogP contribution < -0.4 is 11.1 Å². The minimum absolute atomic E-state index is 0.132. The van der Waals surface area contributed by atoms with Crippen LogP contribution in [0.1, 0.15) is 42.4 Å². The summed E-state index contributed by atoms with van der Waals surface area (Å²) in [5.41, 5.74) is 3.79. The van der Waals surface area contributed by atoms with Gasteiger partial charge in [-0.05, 0) is 68.5 Å². The first-order chi connectivity index (χ1) is 13.9. The van der Waals surface area contributed by atoms with Crippen molar-refractivity contribution in [2.75, 3.05) is 0 Å².